The lowest BCUT2D eigenvalue weighted by Crippen LogP contribution is -2.48. The molecule has 3 aliphatic rings. The molecular weight excluding hydrogens is 905 g/mol. The lowest BCUT2D eigenvalue weighted by molar-refractivity contribution is -0.212. The third-order valence-corrected chi connectivity index (χ3v) is 12.2. The SMILES string of the molecule is O=C(OCCOc1ccc(S(=O)(=O)[O-])c(I)c1)C1C2c3ccccc3C(c3ccccc32)C1C(=O)OCCOc1ccc(/C([O-])=N\S(=O)(=O)C(F)(F)F)cc1F. The summed E-state index contributed by atoms with van der Waals surface area (Å²) >= 11 is 1.68. The number of carbonyl (C=O) groups is 2. The predicted molar refractivity (Wildman–Crippen MR) is 191 cm³/mol. The van der Waals surface area contributed by atoms with Crippen LogP contribution in [0.4, 0.5) is 17.6 Å². The Morgan fingerprint density at radius 1 is 0.732 bits per heavy atom. The molecule has 0 aliphatic heterocycles. The summed E-state index contributed by atoms with van der Waals surface area (Å²) in [7, 11) is -10.8. The van der Waals surface area contributed by atoms with Gasteiger partial charge in [0.15, 0.2) is 11.6 Å². The number of sulfonamides is 1. The number of carbonyl (C=O) groups excluding carboxylic acids is 2. The van der Waals surface area contributed by atoms with E-state index >= 15 is 0 Å². The second-order valence-electron chi connectivity index (χ2n) is 12.3. The molecule has 2 atom stereocenters. The fraction of sp³-hybridized carbons (Fsp3) is 0.250. The maximum Gasteiger partial charge on any atom is 0.518 e. The first-order chi connectivity index (χ1) is 26.4. The molecule has 3 aliphatic carbocycles. The predicted octanol–water partition coefficient (Wildman–Crippen LogP) is 4.36. The lowest BCUT2D eigenvalue weighted by Gasteiger charge is -2.48. The van der Waals surface area contributed by atoms with Crippen molar-refractivity contribution < 1.29 is 72.6 Å². The van der Waals surface area contributed by atoms with Crippen LogP contribution < -0.4 is 14.6 Å². The van der Waals surface area contributed by atoms with Gasteiger partial charge in [0, 0.05) is 21.3 Å². The van der Waals surface area contributed by atoms with E-state index in [2.05, 4.69) is 4.40 Å². The van der Waals surface area contributed by atoms with Crippen molar-refractivity contribution in [2.24, 2.45) is 16.2 Å². The summed E-state index contributed by atoms with van der Waals surface area (Å²) in [6.07, 6.45) is 0. The van der Waals surface area contributed by atoms with E-state index in [1.807, 2.05) is 36.4 Å². The highest BCUT2D eigenvalue weighted by Crippen LogP contribution is 2.58. The van der Waals surface area contributed by atoms with Gasteiger partial charge in [-0.15, -0.1) is 0 Å². The lowest BCUT2D eigenvalue weighted by atomic mass is 9.54. The van der Waals surface area contributed by atoms with Gasteiger partial charge in [0.25, 0.3) is 0 Å². The molecule has 2 bridgehead atoms. The average molecular weight is 932 g/mol. The molecular formula is C36H26F4INO12S2-2. The minimum atomic E-state index is -6.16. The number of alkyl halides is 3. The summed E-state index contributed by atoms with van der Waals surface area (Å²) in [6, 6.07) is 20.5. The largest absolute Gasteiger partial charge is 0.858 e. The van der Waals surface area contributed by atoms with E-state index in [-0.39, 0.29) is 22.5 Å². The Balaban J connectivity index is 1.15. The number of halogens is 5. The molecule has 56 heavy (non-hydrogen) atoms. The van der Waals surface area contributed by atoms with Crippen molar-refractivity contribution in [3.8, 4) is 11.5 Å². The van der Waals surface area contributed by atoms with E-state index in [1.165, 1.54) is 12.1 Å². The summed E-state index contributed by atoms with van der Waals surface area (Å²) in [5.74, 6) is -8.26. The van der Waals surface area contributed by atoms with Crippen LogP contribution in [0.5, 0.6) is 11.5 Å². The molecule has 4 aromatic carbocycles. The summed E-state index contributed by atoms with van der Waals surface area (Å²) in [5, 5.41) is 11.9. The smallest absolute Gasteiger partial charge is 0.518 e. The molecule has 13 nitrogen and oxygen atoms in total. The van der Waals surface area contributed by atoms with E-state index in [4.69, 9.17) is 18.9 Å². The van der Waals surface area contributed by atoms with Crippen molar-refractivity contribution in [1.82, 2.24) is 0 Å². The topological polar surface area (TPSA) is 198 Å². The second kappa shape index (κ2) is 16.0. The van der Waals surface area contributed by atoms with Crippen molar-refractivity contribution in [1.29, 1.82) is 0 Å². The minimum absolute atomic E-state index is 0.142. The number of rotatable bonds is 13. The molecule has 0 saturated heterocycles. The summed E-state index contributed by atoms with van der Waals surface area (Å²) in [6.45, 7) is -1.30. The van der Waals surface area contributed by atoms with Crippen molar-refractivity contribution in [2.75, 3.05) is 26.4 Å². The molecule has 0 saturated carbocycles. The maximum absolute atomic E-state index is 14.7. The summed E-state index contributed by atoms with van der Waals surface area (Å²) in [5.41, 5.74) is -3.35. The monoisotopic (exact) mass is 931 g/mol. The van der Waals surface area contributed by atoms with E-state index in [9.17, 15) is 53.6 Å². The fourth-order valence-corrected chi connectivity index (χ4v) is 9.03. The van der Waals surface area contributed by atoms with Gasteiger partial charge in [-0.3, -0.25) is 9.59 Å². The maximum atomic E-state index is 14.7. The first kappa shape index (κ1) is 40.9. The van der Waals surface area contributed by atoms with Crippen LogP contribution in [-0.4, -0.2) is 71.2 Å². The third kappa shape index (κ3) is 8.32. The van der Waals surface area contributed by atoms with Crippen LogP contribution in [-0.2, 0) is 39.2 Å². The zero-order chi connectivity index (χ0) is 40.6. The van der Waals surface area contributed by atoms with E-state index in [0.717, 1.165) is 40.5 Å². The van der Waals surface area contributed by atoms with Gasteiger partial charge in [0.05, 0.1) is 16.7 Å². The van der Waals surface area contributed by atoms with Crippen LogP contribution >= 0.6 is 22.6 Å². The van der Waals surface area contributed by atoms with Crippen molar-refractivity contribution in [2.45, 2.75) is 22.2 Å². The molecule has 0 heterocycles. The molecule has 0 amide bonds. The Labute approximate surface area is 330 Å². The molecule has 2 unspecified atom stereocenters. The number of hydrogen-bond acceptors (Lipinski definition) is 12. The van der Waals surface area contributed by atoms with Crippen LogP contribution in [0, 0.1) is 21.2 Å². The van der Waals surface area contributed by atoms with Gasteiger partial charge in [-0.1, -0.05) is 54.6 Å². The highest BCUT2D eigenvalue weighted by molar-refractivity contribution is 14.1. The van der Waals surface area contributed by atoms with Gasteiger partial charge in [-0.25, -0.2) is 12.8 Å². The molecule has 0 spiro atoms. The van der Waals surface area contributed by atoms with Crippen molar-refractivity contribution >= 4 is 60.6 Å². The normalized spacial score (nSPS) is 19.1. The third-order valence-electron chi connectivity index (χ3n) is 9.01. The quantitative estimate of drug-likeness (QED) is 0.0350. The number of esters is 2. The first-order valence-electron chi connectivity index (χ1n) is 16.3. The molecule has 4 aromatic rings. The van der Waals surface area contributed by atoms with Crippen LogP contribution in [0.15, 0.2) is 94.2 Å². The molecule has 0 fully saturated rings. The molecule has 20 heteroatoms. The number of fused-ring (bicyclic) bond motifs is 1. The number of benzene rings is 4. The molecule has 0 N–H and O–H groups in total. The summed E-state index contributed by atoms with van der Waals surface area (Å²) < 4.78 is 133. The van der Waals surface area contributed by atoms with Gasteiger partial charge < -0.3 is 28.6 Å². The zero-order valence-corrected chi connectivity index (χ0v) is 32.1. The Morgan fingerprint density at radius 3 is 1.68 bits per heavy atom. The van der Waals surface area contributed by atoms with Gasteiger partial charge in [-0.05, 0) is 80.7 Å². The molecule has 296 valence electrons. The molecule has 7 rings (SSSR count). The molecule has 0 aromatic heterocycles. The first-order valence-corrected chi connectivity index (χ1v) is 20.2. The van der Waals surface area contributed by atoms with Crippen LogP contribution in [0.25, 0.3) is 0 Å². The van der Waals surface area contributed by atoms with Crippen LogP contribution in [0.2, 0.25) is 0 Å². The summed E-state index contributed by atoms with van der Waals surface area (Å²) in [4.78, 5) is 27.4. The molecule has 0 radical (unpaired) electrons. The van der Waals surface area contributed by atoms with Crippen LogP contribution in [0.1, 0.15) is 39.7 Å². The Bertz CT molecular complexity index is 2400. The van der Waals surface area contributed by atoms with Crippen molar-refractivity contribution in [3.05, 3.63) is 122 Å². The Morgan fingerprint density at radius 2 is 1.23 bits per heavy atom. The van der Waals surface area contributed by atoms with Gasteiger partial charge in [0.2, 0.25) is 0 Å². The Hall–Kier alpha value is -4.80. The number of ether oxygens (including phenoxy) is 4. The van der Waals surface area contributed by atoms with Crippen LogP contribution in [0.3, 0.4) is 0 Å². The van der Waals surface area contributed by atoms with E-state index in [1.54, 1.807) is 34.7 Å². The van der Waals surface area contributed by atoms with Gasteiger partial charge >= 0.3 is 27.5 Å². The Kier molecular flexibility index (Phi) is 11.7. The van der Waals surface area contributed by atoms with Gasteiger partial charge in [0.1, 0.15) is 42.3 Å². The van der Waals surface area contributed by atoms with E-state index in [0.29, 0.717) is 6.07 Å². The van der Waals surface area contributed by atoms with Gasteiger partial charge in [-0.2, -0.15) is 26.0 Å². The fourth-order valence-electron chi connectivity index (χ4n) is 6.77. The highest BCUT2D eigenvalue weighted by atomic mass is 127. The zero-order valence-electron chi connectivity index (χ0n) is 28.3. The average Bonchev–Trinajstić information content (AvgIpc) is 3.14. The van der Waals surface area contributed by atoms with Crippen molar-refractivity contribution in [3.63, 3.8) is 0 Å². The minimum Gasteiger partial charge on any atom is -0.858 e. The van der Waals surface area contributed by atoms with E-state index < -0.39 is 102 Å². The highest BCUT2D eigenvalue weighted by Gasteiger charge is 2.56. The number of hydrogen-bond donors (Lipinski definition) is 0. The number of nitrogens with zero attached hydrogens (tertiary/aromatic N) is 1. The standard InChI is InChI=1S/C36H28F4INO12S2/c37-25-17-19(33(43)42-56(49,50)36(38,39)40)9-11-27(25)52-14-16-54-35(45)32-30-23-7-3-1-5-21(23)29(22-6-2-4-8-24(22)30)31(32)34(44)53-15-13-51-20-10-12-28(26(41)18-20)55(46,47)48/h1-12,17-18,29-32H,13-16H2,(H,42,43)(H,46,47,48)/p-2. The second-order valence-corrected chi connectivity index (χ2v) is 16.4.